The third-order valence-electron chi connectivity index (χ3n) is 1.94. The molecule has 1 aliphatic rings. The number of hydrogen-bond donors (Lipinski definition) is 1. The molecule has 10 heavy (non-hydrogen) atoms. The van der Waals surface area contributed by atoms with Crippen LogP contribution in [-0.2, 0) is 6.42 Å². The number of hydrogen-bond acceptors (Lipinski definition) is 2. The first kappa shape index (κ1) is 5.86. The van der Waals surface area contributed by atoms with Crippen LogP contribution < -0.4 is 0 Å². The van der Waals surface area contributed by atoms with E-state index in [1.54, 1.807) is 6.20 Å². The minimum absolute atomic E-state index is 0.260. The van der Waals surface area contributed by atoms with Gasteiger partial charge in [0.15, 0.2) is 0 Å². The minimum Gasteiger partial charge on any atom is -0.388 e. The maximum Gasteiger partial charge on any atom is 0.0811 e. The average Bonchev–Trinajstić information content (AvgIpc) is 2.34. The van der Waals surface area contributed by atoms with Crippen molar-refractivity contribution in [2.75, 3.05) is 0 Å². The highest BCUT2D eigenvalue weighted by atomic mass is 16.3. The fourth-order valence-corrected chi connectivity index (χ4v) is 1.39. The molecule has 0 fully saturated rings. The third kappa shape index (κ3) is 0.727. The van der Waals surface area contributed by atoms with Crippen molar-refractivity contribution in [3.05, 3.63) is 29.6 Å². The standard InChI is InChI=1S/C8H9NO/c10-8-4-3-7-6(8)2-1-5-9-7/h1-2,5,8,10H,3-4H2/t8-/m1/s1. The second kappa shape index (κ2) is 2.06. The van der Waals surface area contributed by atoms with Crippen LogP contribution in [-0.4, -0.2) is 10.1 Å². The molecule has 1 aromatic rings. The zero-order chi connectivity index (χ0) is 6.97. The Kier molecular flexibility index (Phi) is 1.21. The average molecular weight is 135 g/mol. The fraction of sp³-hybridized carbons (Fsp3) is 0.375. The summed E-state index contributed by atoms with van der Waals surface area (Å²) in [5, 5.41) is 9.34. The minimum atomic E-state index is -0.260. The van der Waals surface area contributed by atoms with Crippen LogP contribution in [0.1, 0.15) is 23.8 Å². The van der Waals surface area contributed by atoms with Gasteiger partial charge < -0.3 is 5.11 Å². The Morgan fingerprint density at radius 1 is 1.60 bits per heavy atom. The van der Waals surface area contributed by atoms with Crippen molar-refractivity contribution < 1.29 is 5.11 Å². The van der Waals surface area contributed by atoms with E-state index in [0.29, 0.717) is 0 Å². The Labute approximate surface area is 59.5 Å². The number of aliphatic hydroxyl groups is 1. The molecule has 0 saturated heterocycles. The molecule has 0 amide bonds. The highest BCUT2D eigenvalue weighted by Gasteiger charge is 2.19. The van der Waals surface area contributed by atoms with E-state index in [2.05, 4.69) is 4.98 Å². The number of nitrogens with zero attached hydrogens (tertiary/aromatic N) is 1. The molecule has 1 N–H and O–H groups in total. The van der Waals surface area contributed by atoms with Crippen LogP contribution in [0.2, 0.25) is 0 Å². The summed E-state index contributed by atoms with van der Waals surface area (Å²) in [5.41, 5.74) is 2.08. The maximum absolute atomic E-state index is 9.34. The van der Waals surface area contributed by atoms with E-state index in [-0.39, 0.29) is 6.10 Å². The number of aromatic nitrogens is 1. The summed E-state index contributed by atoms with van der Waals surface area (Å²) in [7, 11) is 0. The maximum atomic E-state index is 9.34. The molecule has 0 bridgehead atoms. The van der Waals surface area contributed by atoms with Gasteiger partial charge in [0.2, 0.25) is 0 Å². The van der Waals surface area contributed by atoms with Crippen LogP contribution in [0.25, 0.3) is 0 Å². The van der Waals surface area contributed by atoms with E-state index in [1.807, 2.05) is 12.1 Å². The predicted molar refractivity (Wildman–Crippen MR) is 37.5 cm³/mol. The van der Waals surface area contributed by atoms with Gasteiger partial charge in [0.05, 0.1) is 6.10 Å². The van der Waals surface area contributed by atoms with Crippen LogP contribution >= 0.6 is 0 Å². The lowest BCUT2D eigenvalue weighted by Crippen LogP contribution is -1.90. The lowest BCUT2D eigenvalue weighted by molar-refractivity contribution is 0.180. The van der Waals surface area contributed by atoms with Crippen molar-refractivity contribution in [2.24, 2.45) is 0 Å². The number of aliphatic hydroxyl groups excluding tert-OH is 1. The molecular weight excluding hydrogens is 126 g/mol. The van der Waals surface area contributed by atoms with Crippen molar-refractivity contribution in [1.82, 2.24) is 4.98 Å². The molecular formula is C8H9NO. The molecule has 0 aliphatic heterocycles. The summed E-state index contributed by atoms with van der Waals surface area (Å²) >= 11 is 0. The molecule has 1 heterocycles. The van der Waals surface area contributed by atoms with E-state index in [4.69, 9.17) is 0 Å². The monoisotopic (exact) mass is 135 g/mol. The van der Waals surface area contributed by atoms with Crippen LogP contribution in [0.5, 0.6) is 0 Å². The predicted octanol–water partition coefficient (Wildman–Crippen LogP) is 1.06. The molecule has 52 valence electrons. The highest BCUT2D eigenvalue weighted by molar-refractivity contribution is 5.26. The van der Waals surface area contributed by atoms with E-state index < -0.39 is 0 Å². The Hall–Kier alpha value is -0.890. The normalized spacial score (nSPS) is 22.7. The Morgan fingerprint density at radius 2 is 2.50 bits per heavy atom. The van der Waals surface area contributed by atoms with Crippen molar-refractivity contribution in [3.8, 4) is 0 Å². The molecule has 0 spiro atoms. The second-order valence-electron chi connectivity index (χ2n) is 2.59. The summed E-state index contributed by atoms with van der Waals surface area (Å²) in [6.07, 6.45) is 3.28. The van der Waals surface area contributed by atoms with Crippen molar-refractivity contribution >= 4 is 0 Å². The number of aryl methyl sites for hydroxylation is 1. The van der Waals surface area contributed by atoms with Gasteiger partial charge in [-0.1, -0.05) is 6.07 Å². The molecule has 0 unspecified atom stereocenters. The van der Waals surface area contributed by atoms with Gasteiger partial charge in [-0.3, -0.25) is 4.98 Å². The van der Waals surface area contributed by atoms with Crippen molar-refractivity contribution in [2.45, 2.75) is 18.9 Å². The van der Waals surface area contributed by atoms with Gasteiger partial charge >= 0.3 is 0 Å². The van der Waals surface area contributed by atoms with Crippen molar-refractivity contribution in [1.29, 1.82) is 0 Å². The summed E-state index contributed by atoms with van der Waals surface area (Å²) in [6, 6.07) is 3.81. The second-order valence-corrected chi connectivity index (χ2v) is 2.59. The van der Waals surface area contributed by atoms with E-state index in [9.17, 15) is 5.11 Å². The molecule has 0 saturated carbocycles. The molecule has 1 atom stereocenters. The Balaban J connectivity index is 2.51. The molecule has 1 aromatic heterocycles. The summed E-state index contributed by atoms with van der Waals surface area (Å²) in [6.45, 7) is 0. The lowest BCUT2D eigenvalue weighted by Gasteiger charge is -1.99. The summed E-state index contributed by atoms with van der Waals surface area (Å²) in [4.78, 5) is 4.15. The van der Waals surface area contributed by atoms with Gasteiger partial charge in [-0.05, 0) is 18.9 Å². The smallest absolute Gasteiger partial charge is 0.0811 e. The Morgan fingerprint density at radius 3 is 3.30 bits per heavy atom. The van der Waals surface area contributed by atoms with Gasteiger partial charge in [0.25, 0.3) is 0 Å². The first-order chi connectivity index (χ1) is 4.88. The van der Waals surface area contributed by atoms with E-state index >= 15 is 0 Å². The van der Waals surface area contributed by atoms with E-state index in [0.717, 1.165) is 24.1 Å². The SMILES string of the molecule is O[C@@H]1CCc2ncccc21. The molecule has 2 rings (SSSR count). The van der Waals surface area contributed by atoms with E-state index in [1.165, 1.54) is 0 Å². The zero-order valence-corrected chi connectivity index (χ0v) is 5.62. The fourth-order valence-electron chi connectivity index (χ4n) is 1.39. The first-order valence-electron chi connectivity index (χ1n) is 3.50. The molecule has 0 aromatic carbocycles. The number of rotatable bonds is 0. The highest BCUT2D eigenvalue weighted by Crippen LogP contribution is 2.28. The molecule has 2 heteroatoms. The molecule has 1 aliphatic carbocycles. The zero-order valence-electron chi connectivity index (χ0n) is 5.62. The Bertz CT molecular complexity index is 247. The van der Waals surface area contributed by atoms with Gasteiger partial charge in [0, 0.05) is 17.5 Å². The first-order valence-corrected chi connectivity index (χ1v) is 3.50. The van der Waals surface area contributed by atoms with Crippen LogP contribution in [0.3, 0.4) is 0 Å². The largest absolute Gasteiger partial charge is 0.388 e. The third-order valence-corrected chi connectivity index (χ3v) is 1.94. The van der Waals surface area contributed by atoms with Gasteiger partial charge in [-0.2, -0.15) is 0 Å². The van der Waals surface area contributed by atoms with Crippen molar-refractivity contribution in [3.63, 3.8) is 0 Å². The van der Waals surface area contributed by atoms with Gasteiger partial charge in [-0.15, -0.1) is 0 Å². The van der Waals surface area contributed by atoms with Crippen LogP contribution in [0.4, 0.5) is 0 Å². The quantitative estimate of drug-likeness (QED) is 0.577. The van der Waals surface area contributed by atoms with Gasteiger partial charge in [-0.25, -0.2) is 0 Å². The topological polar surface area (TPSA) is 33.1 Å². The molecule has 0 radical (unpaired) electrons. The number of pyridine rings is 1. The molecule has 2 nitrogen and oxygen atoms in total. The summed E-state index contributed by atoms with van der Waals surface area (Å²) in [5.74, 6) is 0. The summed E-state index contributed by atoms with van der Waals surface area (Å²) < 4.78 is 0. The van der Waals surface area contributed by atoms with Gasteiger partial charge in [0.1, 0.15) is 0 Å². The number of fused-ring (bicyclic) bond motifs is 1. The lowest BCUT2D eigenvalue weighted by atomic mass is 10.2. The van der Waals surface area contributed by atoms with Crippen LogP contribution in [0.15, 0.2) is 18.3 Å². The van der Waals surface area contributed by atoms with Crippen LogP contribution in [0, 0.1) is 0 Å².